The molecule has 16 heteroatoms. The van der Waals surface area contributed by atoms with Crippen LogP contribution in [0, 0.1) is 5.82 Å². The van der Waals surface area contributed by atoms with E-state index < -0.39 is 74.9 Å². The lowest BCUT2D eigenvalue weighted by molar-refractivity contribution is -0.270. The number of hydrogen-bond acceptors (Lipinski definition) is 9. The van der Waals surface area contributed by atoms with Crippen molar-refractivity contribution in [3.05, 3.63) is 71.2 Å². The van der Waals surface area contributed by atoms with Crippen LogP contribution in [0.4, 0.5) is 28.0 Å². The molecule has 1 saturated carbocycles. The van der Waals surface area contributed by atoms with Crippen LogP contribution in [0.2, 0.25) is 0 Å². The van der Waals surface area contributed by atoms with Gasteiger partial charge in [0.05, 0.1) is 57.6 Å². The Morgan fingerprint density at radius 1 is 1.02 bits per heavy atom. The number of aromatic nitrogens is 1. The third-order valence-corrected chi connectivity index (χ3v) is 10.7. The summed E-state index contributed by atoms with van der Waals surface area (Å²) in [6.07, 6.45) is -6.73. The van der Waals surface area contributed by atoms with E-state index in [0.29, 0.717) is 0 Å². The fourth-order valence-electron chi connectivity index (χ4n) is 5.92. The molecule has 5 rings (SSSR count). The lowest BCUT2D eigenvalue weighted by Crippen LogP contribution is -2.50. The van der Waals surface area contributed by atoms with Gasteiger partial charge in [0, 0.05) is 23.1 Å². The average Bonchev–Trinajstić information content (AvgIpc) is 3.85. The first-order valence-electron chi connectivity index (χ1n) is 17.8. The van der Waals surface area contributed by atoms with Crippen molar-refractivity contribution in [2.45, 2.75) is 108 Å². The number of alkyl halides is 3. The average molecular weight is 794 g/mol. The molecule has 300 valence electrons. The van der Waals surface area contributed by atoms with Crippen LogP contribution >= 0.6 is 0 Å². The summed E-state index contributed by atoms with van der Waals surface area (Å²) < 4.78 is 92.7. The van der Waals surface area contributed by atoms with Gasteiger partial charge in [0.25, 0.3) is 0 Å². The first-order chi connectivity index (χ1) is 25.5. The number of ketones is 1. The van der Waals surface area contributed by atoms with E-state index in [1.165, 1.54) is 35.2 Å². The van der Waals surface area contributed by atoms with Crippen molar-refractivity contribution in [1.82, 2.24) is 9.71 Å². The highest BCUT2D eigenvalue weighted by molar-refractivity contribution is 7.84. The van der Waals surface area contributed by atoms with Crippen molar-refractivity contribution >= 4 is 28.5 Å². The Morgan fingerprint density at radius 2 is 1.67 bits per heavy atom. The van der Waals surface area contributed by atoms with Gasteiger partial charge >= 0.3 is 12.3 Å². The molecule has 1 aliphatic carbocycles. The van der Waals surface area contributed by atoms with E-state index in [9.17, 15) is 28.4 Å². The second-order valence-electron chi connectivity index (χ2n) is 16.0. The number of aliphatic hydroxyl groups excluding tert-OH is 1. The van der Waals surface area contributed by atoms with E-state index in [2.05, 4.69) is 9.71 Å². The summed E-state index contributed by atoms with van der Waals surface area (Å²) in [5.74, 6) is -0.924. The molecular formula is C39H47F4N3O8S. The molecule has 1 aromatic heterocycles. The van der Waals surface area contributed by atoms with Crippen molar-refractivity contribution in [2.75, 3.05) is 24.7 Å². The first-order valence-corrected chi connectivity index (χ1v) is 19.0. The molecule has 3 N–H and O–H groups in total. The number of halogens is 4. The molecule has 0 saturated heterocycles. The summed E-state index contributed by atoms with van der Waals surface area (Å²) in [5, 5.41) is 20.9. The van der Waals surface area contributed by atoms with Gasteiger partial charge in [-0.15, -0.1) is 0 Å². The highest BCUT2D eigenvalue weighted by Gasteiger charge is 2.57. The summed E-state index contributed by atoms with van der Waals surface area (Å²) in [7, 11) is -1.82. The van der Waals surface area contributed by atoms with Gasteiger partial charge in [-0.25, -0.2) is 23.1 Å². The molecule has 1 unspecified atom stereocenters. The Balaban J connectivity index is 1.63. The number of carbonyl (C=O) groups excluding carboxylic acids is 2. The maximum absolute atomic E-state index is 15.3. The quantitative estimate of drug-likeness (QED) is 0.120. The summed E-state index contributed by atoms with van der Waals surface area (Å²) >= 11 is 0. The minimum Gasteiger partial charge on any atom is -0.487 e. The molecule has 11 nitrogen and oxygen atoms in total. The normalized spacial score (nSPS) is 19.0. The number of rotatable bonds is 13. The number of pyridine rings is 1. The number of Topliss-reactive ketones (excluding diaryl/α,β-unsaturated/α-hetero) is 1. The van der Waals surface area contributed by atoms with Crippen molar-refractivity contribution in [3.63, 3.8) is 0 Å². The van der Waals surface area contributed by atoms with Crippen molar-refractivity contribution in [1.29, 1.82) is 0 Å². The van der Waals surface area contributed by atoms with E-state index in [1.54, 1.807) is 48.5 Å². The zero-order valence-corrected chi connectivity index (χ0v) is 32.6. The SMILES string of the molecule is CC(C)(C)OC(=O)N1C[C@@](C)(NS(=O)C(C)(C)C)c2cc([C@](O)(CCC(=O)c3ccc(OCCO)c(OC4CC4)c3)C(F)(F)F)nc(-c3ccc(F)cc3)c21. The highest BCUT2D eigenvalue weighted by Crippen LogP contribution is 2.50. The molecule has 3 aromatic rings. The fraction of sp³-hybridized carbons (Fsp3) is 0.513. The fourth-order valence-corrected chi connectivity index (χ4v) is 6.81. The maximum atomic E-state index is 15.3. The molecule has 2 aromatic carbocycles. The van der Waals surface area contributed by atoms with Gasteiger partial charge in [0.15, 0.2) is 17.3 Å². The number of aliphatic hydroxyl groups is 2. The highest BCUT2D eigenvalue weighted by atomic mass is 32.2. The molecule has 0 radical (unpaired) electrons. The monoisotopic (exact) mass is 793 g/mol. The number of nitrogens with zero attached hydrogens (tertiary/aromatic N) is 2. The Hall–Kier alpha value is -4.12. The van der Waals surface area contributed by atoms with Crippen molar-refractivity contribution in [2.24, 2.45) is 0 Å². The zero-order valence-electron chi connectivity index (χ0n) is 31.8. The zero-order chi connectivity index (χ0) is 40.7. The maximum Gasteiger partial charge on any atom is 0.422 e. The van der Waals surface area contributed by atoms with Gasteiger partial charge in [0.1, 0.15) is 18.0 Å². The van der Waals surface area contributed by atoms with Crippen LogP contribution in [-0.4, -0.2) is 73.7 Å². The number of amides is 1. The van der Waals surface area contributed by atoms with Crippen LogP contribution in [0.3, 0.4) is 0 Å². The standard InChI is InChI=1S/C39H47F4N3O8S/c1-35(2,3)54-34(49)46-22-37(7,45-55(51)36(4,5)6)27-21-31(44-32(33(27)46)23-8-11-25(40)12-9-23)38(50,39(41,42)43)17-16-28(48)24-10-15-29(52-19-18-47)30(20-24)53-26-13-14-26/h8-12,15,20-21,26,45,47,50H,13-14,16-19,22H2,1-7H3/t37-,38-,55?/m1/s1. The van der Waals surface area contributed by atoms with Crippen molar-refractivity contribution in [3.8, 4) is 22.8 Å². The molecule has 3 atom stereocenters. The van der Waals surface area contributed by atoms with E-state index in [1.807, 2.05) is 0 Å². The molecule has 1 amide bonds. The third-order valence-electron chi connectivity index (χ3n) is 8.98. The van der Waals surface area contributed by atoms with Crippen LogP contribution in [0.25, 0.3) is 11.3 Å². The number of ether oxygens (including phenoxy) is 3. The minimum absolute atomic E-state index is 0.0119. The molecule has 55 heavy (non-hydrogen) atoms. The second kappa shape index (κ2) is 15.4. The molecule has 2 aliphatic rings. The molecular weight excluding hydrogens is 747 g/mol. The molecule has 0 spiro atoms. The van der Waals surface area contributed by atoms with Gasteiger partial charge in [-0.3, -0.25) is 9.69 Å². The Kier molecular flexibility index (Phi) is 11.8. The summed E-state index contributed by atoms with van der Waals surface area (Å²) in [6.45, 7) is 11.0. The summed E-state index contributed by atoms with van der Waals surface area (Å²) in [4.78, 5) is 32.8. The number of nitrogens with one attached hydrogen (secondary N) is 1. The predicted octanol–water partition coefficient (Wildman–Crippen LogP) is 7.24. The van der Waals surface area contributed by atoms with Gasteiger partial charge in [-0.1, -0.05) is 0 Å². The minimum atomic E-state index is -5.38. The number of benzene rings is 2. The van der Waals surface area contributed by atoms with E-state index in [4.69, 9.17) is 14.2 Å². The van der Waals surface area contributed by atoms with E-state index in [-0.39, 0.29) is 65.4 Å². The summed E-state index contributed by atoms with van der Waals surface area (Å²) in [6, 6.07) is 9.85. The van der Waals surface area contributed by atoms with Gasteiger partial charge in [-0.05, 0) is 116 Å². The smallest absolute Gasteiger partial charge is 0.422 e. The van der Waals surface area contributed by atoms with Gasteiger partial charge < -0.3 is 24.4 Å². The summed E-state index contributed by atoms with van der Waals surface area (Å²) in [5.41, 5.74) is -7.11. The Labute approximate surface area is 320 Å². The molecule has 1 fully saturated rings. The third kappa shape index (κ3) is 9.47. The van der Waals surface area contributed by atoms with E-state index in [0.717, 1.165) is 31.0 Å². The molecule has 0 bridgehead atoms. The van der Waals surface area contributed by atoms with Crippen LogP contribution in [0.15, 0.2) is 48.5 Å². The molecule has 2 heterocycles. The van der Waals surface area contributed by atoms with Gasteiger partial charge in [0.2, 0.25) is 5.60 Å². The number of carbonyl (C=O) groups is 2. The lowest BCUT2D eigenvalue weighted by atomic mass is 9.86. The Bertz CT molecular complexity index is 1940. The second-order valence-corrected chi connectivity index (χ2v) is 17.9. The number of anilines is 1. The predicted molar refractivity (Wildman–Crippen MR) is 198 cm³/mol. The van der Waals surface area contributed by atoms with Crippen LogP contribution in [-0.2, 0) is 26.9 Å². The lowest BCUT2D eigenvalue weighted by Gasteiger charge is -2.33. The van der Waals surface area contributed by atoms with Crippen LogP contribution in [0.1, 0.15) is 95.8 Å². The molecule has 1 aliphatic heterocycles. The van der Waals surface area contributed by atoms with Crippen LogP contribution in [0.5, 0.6) is 11.5 Å². The number of hydrogen-bond donors (Lipinski definition) is 3. The van der Waals surface area contributed by atoms with E-state index >= 15 is 13.2 Å². The largest absolute Gasteiger partial charge is 0.487 e. The topological polar surface area (TPSA) is 148 Å². The van der Waals surface area contributed by atoms with Crippen LogP contribution < -0.4 is 19.1 Å². The van der Waals surface area contributed by atoms with Gasteiger partial charge in [-0.2, -0.15) is 13.2 Å². The first kappa shape index (κ1) is 42.0. The number of fused-ring (bicyclic) bond motifs is 1. The van der Waals surface area contributed by atoms with Crippen molar-refractivity contribution < 1.29 is 55.8 Å². The Morgan fingerprint density at radius 3 is 2.24 bits per heavy atom.